The second-order valence-electron chi connectivity index (χ2n) is 6.69. The lowest BCUT2D eigenvalue weighted by atomic mass is 10.1. The molecule has 6 nitrogen and oxygen atoms in total. The summed E-state index contributed by atoms with van der Waals surface area (Å²) in [5.74, 6) is -1.17. The summed E-state index contributed by atoms with van der Waals surface area (Å²) in [4.78, 5) is 39.5. The lowest BCUT2D eigenvalue weighted by molar-refractivity contribution is -0.152. The molecule has 0 fully saturated rings. The molecule has 0 aromatic carbocycles. The molecule has 1 unspecified atom stereocenters. The number of hydrogen-bond acceptors (Lipinski definition) is 8. The molecule has 31 heavy (non-hydrogen) atoms. The second kappa shape index (κ2) is 9.86. The van der Waals surface area contributed by atoms with Crippen LogP contribution in [0, 0.1) is 0 Å². The Bertz CT molecular complexity index is 1110. The van der Waals surface area contributed by atoms with E-state index in [0.29, 0.717) is 15.6 Å². The summed E-state index contributed by atoms with van der Waals surface area (Å²) in [6.45, 7) is -0.416. The van der Waals surface area contributed by atoms with Crippen LogP contribution in [-0.4, -0.2) is 35.0 Å². The summed E-state index contributed by atoms with van der Waals surface area (Å²) in [5, 5.41) is 9.86. The predicted molar refractivity (Wildman–Crippen MR) is 123 cm³/mol. The van der Waals surface area contributed by atoms with Gasteiger partial charge in [0.2, 0.25) is 0 Å². The molecule has 0 spiro atoms. The minimum absolute atomic E-state index is 0.00603. The van der Waals surface area contributed by atoms with Gasteiger partial charge < -0.3 is 4.74 Å². The van der Waals surface area contributed by atoms with E-state index in [1.54, 1.807) is 34.8 Å². The normalized spacial score (nSPS) is 15.7. The van der Waals surface area contributed by atoms with E-state index >= 15 is 0 Å². The van der Waals surface area contributed by atoms with Crippen molar-refractivity contribution in [3.63, 3.8) is 0 Å². The molecular weight excluding hydrogens is 476 g/mol. The molecule has 10 heteroatoms. The van der Waals surface area contributed by atoms with E-state index in [9.17, 15) is 14.4 Å². The summed E-state index contributed by atoms with van der Waals surface area (Å²) in [6.07, 6.45) is 0.518. The van der Waals surface area contributed by atoms with Crippen molar-refractivity contribution in [2.75, 3.05) is 6.61 Å². The minimum Gasteiger partial charge on any atom is -0.455 e. The van der Waals surface area contributed by atoms with E-state index in [4.69, 9.17) is 16.3 Å². The van der Waals surface area contributed by atoms with Gasteiger partial charge in [-0.15, -0.1) is 34.0 Å². The van der Waals surface area contributed by atoms with Gasteiger partial charge in [0.1, 0.15) is 0 Å². The van der Waals surface area contributed by atoms with Crippen molar-refractivity contribution >= 4 is 69.0 Å². The maximum absolute atomic E-state index is 12.8. The minimum atomic E-state index is -0.598. The maximum atomic E-state index is 12.8. The average Bonchev–Trinajstić information content (AvgIpc) is 3.54. The number of ether oxygens (including phenoxy) is 1. The molecule has 0 saturated carbocycles. The Morgan fingerprint density at radius 3 is 2.58 bits per heavy atom. The van der Waals surface area contributed by atoms with Crippen LogP contribution in [0.15, 0.2) is 52.3 Å². The molecule has 1 aliphatic rings. The van der Waals surface area contributed by atoms with Gasteiger partial charge in [-0.2, -0.15) is 5.10 Å². The molecule has 1 aliphatic heterocycles. The second-order valence-corrected chi connectivity index (χ2v) is 10.3. The van der Waals surface area contributed by atoms with Crippen LogP contribution in [0.25, 0.3) is 0 Å². The summed E-state index contributed by atoms with van der Waals surface area (Å²) in [6, 6.07) is 10.9. The highest BCUT2D eigenvalue weighted by Gasteiger charge is 2.34. The number of esters is 1. The third kappa shape index (κ3) is 5.30. The predicted octanol–water partition coefficient (Wildman–Crippen LogP) is 5.41. The highest BCUT2D eigenvalue weighted by Crippen LogP contribution is 2.35. The van der Waals surface area contributed by atoms with Crippen molar-refractivity contribution in [2.24, 2.45) is 5.10 Å². The van der Waals surface area contributed by atoms with Crippen molar-refractivity contribution in [3.8, 4) is 0 Å². The number of hydrazone groups is 1. The maximum Gasteiger partial charge on any atom is 0.306 e. The molecule has 4 rings (SSSR count). The average molecular weight is 493 g/mol. The quantitative estimate of drug-likeness (QED) is 0.311. The first-order chi connectivity index (χ1) is 15.0. The summed E-state index contributed by atoms with van der Waals surface area (Å²) < 4.78 is 5.65. The molecule has 160 valence electrons. The zero-order valence-electron chi connectivity index (χ0n) is 16.2. The molecular formula is C21H17ClN2O4S3. The number of Topliss-reactive ketones (excluding diaryl/α,β-unsaturated/α-hetero) is 1. The van der Waals surface area contributed by atoms with Crippen molar-refractivity contribution in [1.82, 2.24) is 5.01 Å². The topological polar surface area (TPSA) is 76.0 Å². The van der Waals surface area contributed by atoms with Crippen LogP contribution in [0.3, 0.4) is 0 Å². The van der Waals surface area contributed by atoms with Crippen LogP contribution in [0.5, 0.6) is 0 Å². The van der Waals surface area contributed by atoms with Gasteiger partial charge in [0.25, 0.3) is 5.91 Å². The van der Waals surface area contributed by atoms with Gasteiger partial charge in [-0.25, -0.2) is 5.01 Å². The largest absolute Gasteiger partial charge is 0.455 e. The number of amides is 1. The SMILES string of the molecule is O=C(CCC(=O)c1ccc(Cl)s1)OCC(=O)N1N=C(c2cccs2)CC1c1cccs1. The number of carbonyl (C=O) groups is 3. The molecule has 1 amide bonds. The van der Waals surface area contributed by atoms with Crippen LogP contribution in [0.2, 0.25) is 4.34 Å². The molecule has 0 N–H and O–H groups in total. The zero-order chi connectivity index (χ0) is 21.8. The van der Waals surface area contributed by atoms with E-state index in [2.05, 4.69) is 5.10 Å². The lowest BCUT2D eigenvalue weighted by Crippen LogP contribution is -2.31. The van der Waals surface area contributed by atoms with E-state index in [0.717, 1.165) is 15.5 Å². The fraction of sp³-hybridized carbons (Fsp3) is 0.238. The van der Waals surface area contributed by atoms with Crippen LogP contribution >= 0.6 is 45.6 Å². The van der Waals surface area contributed by atoms with Gasteiger partial charge in [-0.1, -0.05) is 23.7 Å². The lowest BCUT2D eigenvalue weighted by Gasteiger charge is -2.20. The Hall–Kier alpha value is -2.33. The van der Waals surface area contributed by atoms with Crippen molar-refractivity contribution < 1.29 is 19.1 Å². The first kappa shape index (κ1) is 21.9. The molecule has 0 radical (unpaired) electrons. The fourth-order valence-corrected chi connectivity index (χ4v) is 5.66. The molecule has 0 saturated heterocycles. The first-order valence-electron chi connectivity index (χ1n) is 9.42. The molecule has 0 aliphatic carbocycles. The Labute approximate surface area is 195 Å². The molecule has 1 atom stereocenters. The van der Waals surface area contributed by atoms with Crippen LogP contribution in [-0.2, 0) is 14.3 Å². The zero-order valence-corrected chi connectivity index (χ0v) is 19.4. The number of halogens is 1. The molecule has 3 aromatic heterocycles. The highest BCUT2D eigenvalue weighted by atomic mass is 35.5. The third-order valence-corrected chi connectivity index (χ3v) is 7.77. The fourth-order valence-electron chi connectivity index (χ4n) is 3.12. The van der Waals surface area contributed by atoms with Gasteiger partial charge in [-0.3, -0.25) is 14.4 Å². The number of rotatable bonds is 8. The van der Waals surface area contributed by atoms with Gasteiger partial charge in [-0.05, 0) is 35.0 Å². The smallest absolute Gasteiger partial charge is 0.306 e. The Morgan fingerprint density at radius 1 is 1.10 bits per heavy atom. The molecule has 0 bridgehead atoms. The Kier molecular flexibility index (Phi) is 6.96. The van der Waals surface area contributed by atoms with Crippen LogP contribution in [0.4, 0.5) is 0 Å². The van der Waals surface area contributed by atoms with Gasteiger partial charge in [0, 0.05) is 17.7 Å². The van der Waals surface area contributed by atoms with Gasteiger partial charge >= 0.3 is 5.97 Å². The monoisotopic (exact) mass is 492 g/mol. The van der Waals surface area contributed by atoms with E-state index in [1.807, 2.05) is 35.0 Å². The van der Waals surface area contributed by atoms with Crippen LogP contribution < -0.4 is 0 Å². The molecule has 3 aromatic rings. The number of nitrogens with zero attached hydrogens (tertiary/aromatic N) is 2. The highest BCUT2D eigenvalue weighted by molar-refractivity contribution is 7.18. The first-order valence-corrected chi connectivity index (χ1v) is 12.4. The Morgan fingerprint density at radius 2 is 1.90 bits per heavy atom. The van der Waals surface area contributed by atoms with Crippen LogP contribution in [0.1, 0.15) is 44.7 Å². The summed E-state index contributed by atoms with van der Waals surface area (Å²) in [5.41, 5.74) is 0.841. The number of carbonyl (C=O) groups excluding carboxylic acids is 3. The number of thiophene rings is 3. The van der Waals surface area contributed by atoms with Crippen molar-refractivity contribution in [3.05, 3.63) is 66.1 Å². The van der Waals surface area contributed by atoms with E-state index in [1.165, 1.54) is 16.3 Å². The van der Waals surface area contributed by atoms with E-state index in [-0.39, 0.29) is 24.7 Å². The number of ketones is 1. The Balaban J connectivity index is 1.34. The number of hydrogen-bond donors (Lipinski definition) is 0. The summed E-state index contributed by atoms with van der Waals surface area (Å²) >= 11 is 10.1. The van der Waals surface area contributed by atoms with Crippen molar-refractivity contribution in [2.45, 2.75) is 25.3 Å². The van der Waals surface area contributed by atoms with Gasteiger partial charge in [0.15, 0.2) is 12.4 Å². The molecule has 4 heterocycles. The van der Waals surface area contributed by atoms with Crippen molar-refractivity contribution in [1.29, 1.82) is 0 Å². The van der Waals surface area contributed by atoms with Gasteiger partial charge in [0.05, 0.1) is 32.3 Å². The standard InChI is InChI=1S/C21H17ClN2O4S3/c22-19-7-6-18(31-19)15(25)5-8-21(27)28-12-20(26)24-14(17-4-2-10-30-17)11-13(23-24)16-3-1-9-29-16/h1-4,6-7,9-10,14H,5,8,11-12H2. The van der Waals surface area contributed by atoms with E-state index < -0.39 is 18.5 Å². The third-order valence-electron chi connectivity index (χ3n) is 4.60. The summed E-state index contributed by atoms with van der Waals surface area (Å²) in [7, 11) is 0.